The third-order valence-electron chi connectivity index (χ3n) is 2.33. The van der Waals surface area contributed by atoms with Gasteiger partial charge in [-0.2, -0.15) is 4.98 Å². The second-order valence-corrected chi connectivity index (χ2v) is 3.44. The molecule has 2 rings (SSSR count). The Hall–Kier alpha value is -1.63. The average molecular weight is 211 g/mol. The molecule has 1 saturated heterocycles. The fourth-order valence-corrected chi connectivity index (χ4v) is 1.59. The maximum atomic E-state index is 11.2. The highest BCUT2D eigenvalue weighted by molar-refractivity contribution is 5.83. The van der Waals surface area contributed by atoms with Crippen molar-refractivity contribution >= 4 is 11.9 Å². The minimum Gasteiger partial charge on any atom is -0.368 e. The lowest BCUT2D eigenvalue weighted by molar-refractivity contribution is -0.119. The summed E-state index contributed by atoms with van der Waals surface area (Å²) in [6.45, 7) is 3.64. The number of aryl methyl sites for hydroxylation is 1. The minimum atomic E-state index is -0.418. The van der Waals surface area contributed by atoms with Crippen LogP contribution in [0.25, 0.3) is 0 Å². The van der Waals surface area contributed by atoms with Gasteiger partial charge in [0, 0.05) is 19.6 Å². The summed E-state index contributed by atoms with van der Waals surface area (Å²) in [6.07, 6.45) is 0. The van der Waals surface area contributed by atoms with Crippen LogP contribution in [0.1, 0.15) is 5.82 Å². The lowest BCUT2D eigenvalue weighted by Crippen LogP contribution is -2.57. The molecule has 0 spiro atoms. The monoisotopic (exact) mass is 211 g/mol. The Morgan fingerprint density at radius 3 is 3.13 bits per heavy atom. The number of nitrogens with one attached hydrogen (secondary N) is 1. The normalized spacial score (nSPS) is 21.7. The van der Waals surface area contributed by atoms with E-state index in [9.17, 15) is 4.79 Å². The van der Waals surface area contributed by atoms with Gasteiger partial charge in [-0.3, -0.25) is 4.79 Å². The van der Waals surface area contributed by atoms with Crippen LogP contribution in [0.3, 0.4) is 0 Å². The molecule has 0 saturated carbocycles. The van der Waals surface area contributed by atoms with Crippen molar-refractivity contribution < 1.29 is 9.32 Å². The van der Waals surface area contributed by atoms with Gasteiger partial charge in [-0.15, -0.1) is 0 Å². The third-order valence-corrected chi connectivity index (χ3v) is 2.33. The lowest BCUT2D eigenvalue weighted by atomic mass is 10.2. The van der Waals surface area contributed by atoms with Crippen molar-refractivity contribution in [1.29, 1.82) is 0 Å². The largest absolute Gasteiger partial charge is 0.368 e. The number of hydrogen-bond acceptors (Lipinski definition) is 6. The molecule has 1 fully saturated rings. The number of rotatable bonds is 2. The maximum Gasteiger partial charge on any atom is 0.324 e. The van der Waals surface area contributed by atoms with E-state index < -0.39 is 11.9 Å². The molecule has 3 N–H and O–H groups in total. The van der Waals surface area contributed by atoms with Gasteiger partial charge in [0.25, 0.3) is 0 Å². The topological polar surface area (TPSA) is 97.3 Å². The van der Waals surface area contributed by atoms with Gasteiger partial charge in [-0.1, -0.05) is 5.16 Å². The van der Waals surface area contributed by atoms with Crippen LogP contribution in [0.4, 0.5) is 6.01 Å². The van der Waals surface area contributed by atoms with E-state index in [2.05, 4.69) is 15.5 Å². The Labute approximate surface area is 86.6 Å². The molecular formula is C8H13N5O2. The van der Waals surface area contributed by atoms with E-state index >= 15 is 0 Å². The van der Waals surface area contributed by atoms with Gasteiger partial charge in [-0.05, 0) is 6.92 Å². The molecule has 82 valence electrons. The smallest absolute Gasteiger partial charge is 0.324 e. The summed E-state index contributed by atoms with van der Waals surface area (Å²) in [7, 11) is 0. The highest BCUT2D eigenvalue weighted by atomic mass is 16.5. The summed E-state index contributed by atoms with van der Waals surface area (Å²) in [4.78, 5) is 17.0. The van der Waals surface area contributed by atoms with Crippen LogP contribution >= 0.6 is 0 Å². The van der Waals surface area contributed by atoms with Crippen LogP contribution < -0.4 is 16.0 Å². The van der Waals surface area contributed by atoms with Crippen LogP contribution in [0.2, 0.25) is 0 Å². The molecule has 15 heavy (non-hydrogen) atoms. The number of hydrogen-bond donors (Lipinski definition) is 2. The Kier molecular flexibility index (Phi) is 2.55. The van der Waals surface area contributed by atoms with E-state index in [0.29, 0.717) is 24.9 Å². The Balaban J connectivity index is 2.21. The van der Waals surface area contributed by atoms with Crippen molar-refractivity contribution in [2.24, 2.45) is 5.73 Å². The molecule has 0 aromatic carbocycles. The molecule has 1 aromatic rings. The molecule has 0 bridgehead atoms. The summed E-state index contributed by atoms with van der Waals surface area (Å²) in [5.74, 6) is 0.157. The third kappa shape index (κ3) is 1.91. The van der Waals surface area contributed by atoms with Gasteiger partial charge < -0.3 is 20.5 Å². The van der Waals surface area contributed by atoms with Gasteiger partial charge in [0.15, 0.2) is 5.82 Å². The van der Waals surface area contributed by atoms with Crippen molar-refractivity contribution in [3.8, 4) is 0 Å². The number of carbonyl (C=O) groups is 1. The fraction of sp³-hybridized carbons (Fsp3) is 0.625. The molecule has 1 atom stereocenters. The molecule has 2 heterocycles. The zero-order valence-corrected chi connectivity index (χ0v) is 8.43. The van der Waals surface area contributed by atoms with E-state index in [0.717, 1.165) is 6.54 Å². The van der Waals surface area contributed by atoms with Crippen molar-refractivity contribution in [2.75, 3.05) is 24.5 Å². The highest BCUT2D eigenvalue weighted by Gasteiger charge is 2.30. The predicted molar refractivity (Wildman–Crippen MR) is 52.2 cm³/mol. The number of aromatic nitrogens is 2. The van der Waals surface area contributed by atoms with Crippen LogP contribution in [0, 0.1) is 6.92 Å². The van der Waals surface area contributed by atoms with E-state index in [1.165, 1.54) is 0 Å². The van der Waals surface area contributed by atoms with Crippen LogP contribution in [0.15, 0.2) is 4.52 Å². The summed E-state index contributed by atoms with van der Waals surface area (Å²) in [6, 6.07) is -0.0589. The minimum absolute atomic E-state index is 0.359. The van der Waals surface area contributed by atoms with Gasteiger partial charge in [-0.25, -0.2) is 0 Å². The number of amides is 1. The molecule has 1 aromatic heterocycles. The molecular weight excluding hydrogens is 198 g/mol. The van der Waals surface area contributed by atoms with Gasteiger partial charge >= 0.3 is 6.01 Å². The second kappa shape index (κ2) is 3.85. The number of nitrogens with two attached hydrogens (primary N) is 1. The maximum absolute atomic E-state index is 11.2. The Morgan fingerprint density at radius 2 is 2.53 bits per heavy atom. The van der Waals surface area contributed by atoms with E-state index in [1.54, 1.807) is 11.8 Å². The van der Waals surface area contributed by atoms with Crippen molar-refractivity contribution in [3.63, 3.8) is 0 Å². The first kappa shape index (κ1) is 9.91. The standard InChI is InChI=1S/C8H13N5O2/c1-5-11-8(15-12-5)13-3-2-10-4-6(13)7(9)14/h6,10H,2-4H2,1H3,(H2,9,14). The molecule has 1 aliphatic heterocycles. The van der Waals surface area contributed by atoms with Gasteiger partial charge in [0.2, 0.25) is 5.91 Å². The number of primary amides is 1. The van der Waals surface area contributed by atoms with Crippen molar-refractivity contribution in [1.82, 2.24) is 15.5 Å². The van der Waals surface area contributed by atoms with Crippen LogP contribution in [0.5, 0.6) is 0 Å². The predicted octanol–water partition coefficient (Wildman–Crippen LogP) is -1.36. The van der Waals surface area contributed by atoms with Gasteiger partial charge in [0.05, 0.1) is 0 Å². The average Bonchev–Trinajstić information content (AvgIpc) is 2.65. The van der Waals surface area contributed by atoms with Crippen molar-refractivity contribution in [2.45, 2.75) is 13.0 Å². The number of anilines is 1. The molecule has 0 radical (unpaired) electrons. The SMILES string of the molecule is Cc1noc(N2CCNCC2C(N)=O)n1. The zero-order chi connectivity index (χ0) is 10.8. The quantitative estimate of drug-likeness (QED) is 0.627. The van der Waals surface area contributed by atoms with Crippen molar-refractivity contribution in [3.05, 3.63) is 5.82 Å². The summed E-state index contributed by atoms with van der Waals surface area (Å²) < 4.78 is 5.01. The summed E-state index contributed by atoms with van der Waals surface area (Å²) >= 11 is 0. The first-order valence-electron chi connectivity index (χ1n) is 4.75. The Bertz CT molecular complexity index is 364. The van der Waals surface area contributed by atoms with Gasteiger partial charge in [0.1, 0.15) is 6.04 Å². The lowest BCUT2D eigenvalue weighted by Gasteiger charge is -2.32. The van der Waals surface area contributed by atoms with Crippen LogP contribution in [-0.2, 0) is 4.79 Å². The molecule has 7 heteroatoms. The molecule has 0 aliphatic carbocycles. The molecule has 7 nitrogen and oxygen atoms in total. The molecule has 1 unspecified atom stereocenters. The first-order valence-corrected chi connectivity index (χ1v) is 4.75. The van der Waals surface area contributed by atoms with E-state index in [4.69, 9.17) is 10.3 Å². The summed E-state index contributed by atoms with van der Waals surface area (Å²) in [5, 5.41) is 6.78. The summed E-state index contributed by atoms with van der Waals surface area (Å²) in [5.41, 5.74) is 5.29. The first-order chi connectivity index (χ1) is 7.18. The number of nitrogens with zero attached hydrogens (tertiary/aromatic N) is 3. The molecule has 1 aliphatic rings. The second-order valence-electron chi connectivity index (χ2n) is 3.44. The molecule has 1 amide bonds. The van der Waals surface area contributed by atoms with E-state index in [-0.39, 0.29) is 0 Å². The zero-order valence-electron chi connectivity index (χ0n) is 8.43. The van der Waals surface area contributed by atoms with E-state index in [1.807, 2.05) is 0 Å². The fourth-order valence-electron chi connectivity index (χ4n) is 1.59. The number of carbonyl (C=O) groups excluding carboxylic acids is 1. The Morgan fingerprint density at radius 1 is 1.73 bits per heavy atom. The van der Waals surface area contributed by atoms with Crippen LogP contribution in [-0.4, -0.2) is 41.7 Å². The highest BCUT2D eigenvalue weighted by Crippen LogP contribution is 2.15. The number of piperazine rings is 1.